The summed E-state index contributed by atoms with van der Waals surface area (Å²) in [6.45, 7) is 1.41. The fraction of sp³-hybridized carbons (Fsp3) is 0.0952. The van der Waals surface area contributed by atoms with Crippen LogP contribution in [0.25, 0.3) is 0 Å². The van der Waals surface area contributed by atoms with Gasteiger partial charge in [0.2, 0.25) is 12.0 Å². The van der Waals surface area contributed by atoms with Crippen molar-refractivity contribution in [2.75, 3.05) is 5.32 Å². The molecule has 0 aliphatic heterocycles. The van der Waals surface area contributed by atoms with Crippen LogP contribution in [0, 0.1) is 11.6 Å². The monoisotopic (exact) mass is 412 g/mol. The maximum absolute atomic E-state index is 13.6. The van der Waals surface area contributed by atoms with Gasteiger partial charge in [-0.05, 0) is 37.3 Å². The zero-order valence-corrected chi connectivity index (χ0v) is 15.9. The molecule has 0 aliphatic rings. The van der Waals surface area contributed by atoms with Crippen molar-refractivity contribution in [2.45, 2.75) is 13.0 Å². The van der Waals surface area contributed by atoms with Crippen LogP contribution < -0.4 is 15.8 Å². The molecule has 154 valence electrons. The molecule has 1 amide bonds. The average molecular weight is 412 g/mol. The van der Waals surface area contributed by atoms with E-state index in [1.54, 1.807) is 24.3 Å². The molecule has 1 atom stereocenters. The molecule has 0 radical (unpaired) electrons. The third kappa shape index (κ3) is 5.51. The normalized spacial score (nSPS) is 12.2. The minimum atomic E-state index is -1.08. The van der Waals surface area contributed by atoms with Crippen molar-refractivity contribution in [1.29, 1.82) is 0 Å². The van der Waals surface area contributed by atoms with E-state index in [1.807, 2.05) is 18.2 Å². The number of carbonyl (C=O) groups is 1. The third-order valence-corrected chi connectivity index (χ3v) is 3.87. The number of ether oxygens (including phenoxy) is 1. The number of carbonyl (C=O) groups excluding carboxylic acids is 1. The fourth-order valence-corrected chi connectivity index (χ4v) is 2.26. The van der Waals surface area contributed by atoms with E-state index in [0.717, 1.165) is 12.1 Å². The van der Waals surface area contributed by atoms with E-state index in [2.05, 4.69) is 15.5 Å². The number of para-hydroxylation sites is 1. The maximum Gasteiger partial charge on any atom is 0.268 e. The van der Waals surface area contributed by atoms with Gasteiger partial charge in [-0.2, -0.15) is 0 Å². The Balaban J connectivity index is 1.57. The van der Waals surface area contributed by atoms with Crippen molar-refractivity contribution in [2.24, 2.45) is 10.9 Å². The number of amidine groups is 1. The highest BCUT2D eigenvalue weighted by Gasteiger charge is 2.17. The first-order chi connectivity index (χ1) is 14.4. The predicted octanol–water partition coefficient (Wildman–Crippen LogP) is 3.82. The number of amides is 1. The molecule has 0 saturated carbocycles. The van der Waals surface area contributed by atoms with Crippen LogP contribution in [0.3, 0.4) is 0 Å². The van der Waals surface area contributed by atoms with Crippen LogP contribution in [-0.2, 0) is 9.63 Å². The summed E-state index contributed by atoms with van der Waals surface area (Å²) in [6.07, 6.45) is 0.362. The summed E-state index contributed by atoms with van der Waals surface area (Å²) in [4.78, 5) is 21.3. The molecule has 0 aliphatic carbocycles. The van der Waals surface area contributed by atoms with Gasteiger partial charge in [0.15, 0.2) is 5.84 Å². The van der Waals surface area contributed by atoms with E-state index in [4.69, 9.17) is 15.3 Å². The number of nitrogens with zero attached hydrogens (tertiary/aromatic N) is 2. The number of benzene rings is 2. The molecular weight excluding hydrogens is 394 g/mol. The van der Waals surface area contributed by atoms with Crippen molar-refractivity contribution in [3.8, 4) is 11.6 Å². The second-order valence-corrected chi connectivity index (χ2v) is 6.14. The summed E-state index contributed by atoms with van der Waals surface area (Å²) in [5.74, 6) is -1.33. The van der Waals surface area contributed by atoms with Crippen LogP contribution in [0.15, 0.2) is 72.0 Å². The Morgan fingerprint density at radius 1 is 1.13 bits per heavy atom. The van der Waals surface area contributed by atoms with E-state index in [-0.39, 0.29) is 11.5 Å². The first-order valence-electron chi connectivity index (χ1n) is 8.87. The van der Waals surface area contributed by atoms with E-state index >= 15 is 0 Å². The minimum Gasteiger partial charge on any atom is -0.439 e. The smallest absolute Gasteiger partial charge is 0.268 e. The van der Waals surface area contributed by atoms with Crippen molar-refractivity contribution in [1.82, 2.24) is 4.98 Å². The van der Waals surface area contributed by atoms with Crippen LogP contribution in [0.1, 0.15) is 12.5 Å². The molecule has 1 aromatic heterocycles. The third-order valence-electron chi connectivity index (χ3n) is 3.87. The molecule has 30 heavy (non-hydrogen) atoms. The first-order valence-corrected chi connectivity index (χ1v) is 8.87. The Kier molecular flexibility index (Phi) is 6.53. The zero-order chi connectivity index (χ0) is 21.5. The highest BCUT2D eigenvalue weighted by molar-refractivity contribution is 5.97. The number of halogens is 2. The van der Waals surface area contributed by atoms with Crippen LogP contribution in [0.5, 0.6) is 11.6 Å². The standard InChI is InChI=1S/C21H18F2N4O3/c1-13(21(28)26-18-9-8-15(22)11-17(18)23)30-27-20(24)14-7-10-19(25-12-14)29-16-5-3-2-4-6-16/h2-13H,1H3,(H2,24,27)(H,26,28). The van der Waals surface area contributed by atoms with Gasteiger partial charge in [-0.1, -0.05) is 23.4 Å². The molecular formula is C21H18F2N4O3. The van der Waals surface area contributed by atoms with E-state index in [9.17, 15) is 13.6 Å². The van der Waals surface area contributed by atoms with Crippen LogP contribution in [0.2, 0.25) is 0 Å². The molecule has 0 bridgehead atoms. The zero-order valence-electron chi connectivity index (χ0n) is 15.9. The Bertz CT molecular complexity index is 1040. The van der Waals surface area contributed by atoms with Gasteiger partial charge in [0, 0.05) is 23.9 Å². The molecule has 7 nitrogen and oxygen atoms in total. The Morgan fingerprint density at radius 2 is 1.90 bits per heavy atom. The van der Waals surface area contributed by atoms with Crippen LogP contribution in [0.4, 0.5) is 14.5 Å². The van der Waals surface area contributed by atoms with E-state index in [1.165, 1.54) is 13.1 Å². The van der Waals surface area contributed by atoms with Gasteiger partial charge in [-0.3, -0.25) is 4.79 Å². The molecule has 3 N–H and O–H groups in total. The molecule has 9 heteroatoms. The lowest BCUT2D eigenvalue weighted by Crippen LogP contribution is -2.28. The summed E-state index contributed by atoms with van der Waals surface area (Å²) in [5, 5.41) is 5.99. The summed E-state index contributed by atoms with van der Waals surface area (Å²) in [5.41, 5.74) is 6.13. The number of nitrogens with two attached hydrogens (primary N) is 1. The lowest BCUT2D eigenvalue weighted by Gasteiger charge is -2.12. The fourth-order valence-electron chi connectivity index (χ4n) is 2.26. The van der Waals surface area contributed by atoms with Crippen molar-refractivity contribution < 1.29 is 23.1 Å². The summed E-state index contributed by atoms with van der Waals surface area (Å²) in [6, 6.07) is 15.2. The molecule has 0 saturated heterocycles. The lowest BCUT2D eigenvalue weighted by molar-refractivity contribution is -0.126. The summed E-state index contributed by atoms with van der Waals surface area (Å²) in [7, 11) is 0. The summed E-state index contributed by atoms with van der Waals surface area (Å²) < 4.78 is 32.1. The van der Waals surface area contributed by atoms with E-state index < -0.39 is 23.6 Å². The van der Waals surface area contributed by atoms with Crippen molar-refractivity contribution in [3.05, 3.63) is 84.1 Å². The predicted molar refractivity (Wildman–Crippen MR) is 107 cm³/mol. The SMILES string of the molecule is CC(O/N=C(/N)c1ccc(Oc2ccccc2)nc1)C(=O)Nc1ccc(F)cc1F. The first kappa shape index (κ1) is 20.7. The van der Waals surface area contributed by atoms with Gasteiger partial charge < -0.3 is 20.6 Å². The largest absolute Gasteiger partial charge is 0.439 e. The molecule has 1 unspecified atom stereocenters. The number of rotatable bonds is 7. The number of hydrogen-bond acceptors (Lipinski definition) is 5. The van der Waals surface area contributed by atoms with Crippen LogP contribution in [-0.4, -0.2) is 22.8 Å². The second kappa shape index (κ2) is 9.46. The van der Waals surface area contributed by atoms with Crippen molar-refractivity contribution >= 4 is 17.4 Å². The number of anilines is 1. The number of nitrogens with one attached hydrogen (secondary N) is 1. The van der Waals surface area contributed by atoms with Gasteiger partial charge in [0.25, 0.3) is 5.91 Å². The van der Waals surface area contributed by atoms with Crippen LogP contribution >= 0.6 is 0 Å². The Morgan fingerprint density at radius 3 is 2.57 bits per heavy atom. The number of pyridine rings is 1. The lowest BCUT2D eigenvalue weighted by atomic mass is 10.2. The molecule has 3 aromatic rings. The highest BCUT2D eigenvalue weighted by atomic mass is 19.1. The summed E-state index contributed by atoms with van der Waals surface area (Å²) >= 11 is 0. The molecule has 0 fully saturated rings. The number of aromatic nitrogens is 1. The van der Waals surface area contributed by atoms with E-state index in [0.29, 0.717) is 23.3 Å². The van der Waals surface area contributed by atoms with Gasteiger partial charge in [-0.25, -0.2) is 13.8 Å². The molecule has 2 aromatic carbocycles. The van der Waals surface area contributed by atoms with Gasteiger partial charge in [0.1, 0.15) is 17.4 Å². The Hall–Kier alpha value is -4.01. The number of oxime groups is 1. The molecule has 1 heterocycles. The van der Waals surface area contributed by atoms with Gasteiger partial charge in [-0.15, -0.1) is 0 Å². The number of hydrogen-bond donors (Lipinski definition) is 2. The highest BCUT2D eigenvalue weighted by Crippen LogP contribution is 2.19. The Labute approximate surface area is 171 Å². The average Bonchev–Trinajstić information content (AvgIpc) is 2.75. The van der Waals surface area contributed by atoms with Crippen molar-refractivity contribution in [3.63, 3.8) is 0 Å². The quantitative estimate of drug-likeness (QED) is 0.349. The van der Waals surface area contributed by atoms with Gasteiger partial charge in [0.05, 0.1) is 5.69 Å². The maximum atomic E-state index is 13.6. The second-order valence-electron chi connectivity index (χ2n) is 6.14. The topological polar surface area (TPSA) is 98.8 Å². The van der Waals surface area contributed by atoms with Gasteiger partial charge >= 0.3 is 0 Å². The molecule has 0 spiro atoms. The molecule has 3 rings (SSSR count). The minimum absolute atomic E-state index is 0.0126.